The summed E-state index contributed by atoms with van der Waals surface area (Å²) in [6.45, 7) is 0.468. The summed E-state index contributed by atoms with van der Waals surface area (Å²) in [5.41, 5.74) is 7.33. The molecule has 3 aromatic rings. The van der Waals surface area contributed by atoms with Gasteiger partial charge in [-0.2, -0.15) is 5.10 Å². The van der Waals surface area contributed by atoms with E-state index in [1.54, 1.807) is 7.11 Å². The molecular weight excluding hydrogens is 401 g/mol. The van der Waals surface area contributed by atoms with E-state index in [0.717, 1.165) is 11.3 Å². The second-order valence-corrected chi connectivity index (χ2v) is 6.08. The van der Waals surface area contributed by atoms with Crippen LogP contribution in [0.15, 0.2) is 53.5 Å². The fourth-order valence-corrected chi connectivity index (χ4v) is 2.45. The zero-order chi connectivity index (χ0) is 21.6. The molecule has 0 spiro atoms. The molecule has 0 fully saturated rings. The molecule has 158 valence electrons. The second-order valence-electron chi connectivity index (χ2n) is 6.08. The van der Waals surface area contributed by atoms with E-state index in [2.05, 4.69) is 30.2 Å². The largest absolute Gasteiger partial charge is 0.573 e. The van der Waals surface area contributed by atoms with Crippen LogP contribution in [0, 0.1) is 0 Å². The number of hydrogen-bond acceptors (Lipinski definition) is 5. The Kier molecular flexibility index (Phi) is 6.40. The minimum Gasteiger partial charge on any atom is -0.497 e. The average molecular weight is 420 g/mol. The third-order valence-electron chi connectivity index (χ3n) is 3.91. The Morgan fingerprint density at radius 1 is 1.10 bits per heavy atom. The lowest BCUT2D eigenvalue weighted by Gasteiger charge is -2.09. The summed E-state index contributed by atoms with van der Waals surface area (Å²) in [6.07, 6.45) is -4.72. The van der Waals surface area contributed by atoms with Gasteiger partial charge in [0.25, 0.3) is 0 Å². The van der Waals surface area contributed by atoms with Crippen molar-refractivity contribution in [2.24, 2.45) is 10.7 Å². The lowest BCUT2D eigenvalue weighted by atomic mass is 10.2. The van der Waals surface area contributed by atoms with Gasteiger partial charge in [-0.05, 0) is 42.0 Å². The number of alkyl halides is 3. The van der Waals surface area contributed by atoms with E-state index in [1.165, 1.54) is 24.3 Å². The van der Waals surface area contributed by atoms with Gasteiger partial charge < -0.3 is 20.5 Å². The van der Waals surface area contributed by atoms with Crippen molar-refractivity contribution in [3.63, 3.8) is 0 Å². The van der Waals surface area contributed by atoms with Gasteiger partial charge in [-0.3, -0.25) is 5.10 Å². The topological polar surface area (TPSA) is 110 Å². The minimum absolute atomic E-state index is 0.160. The van der Waals surface area contributed by atoms with E-state index in [0.29, 0.717) is 17.2 Å². The molecule has 3 rings (SSSR count). The SMILES string of the molecule is COc1ccc(-c2n[nH]c(CNC(N)=NCc3ccc(OC(F)(F)F)cc3)n2)cc1. The molecule has 0 bridgehead atoms. The maximum Gasteiger partial charge on any atom is 0.573 e. The Balaban J connectivity index is 1.51. The van der Waals surface area contributed by atoms with Crippen LogP contribution in [0.1, 0.15) is 11.4 Å². The number of H-pyrrole nitrogens is 1. The van der Waals surface area contributed by atoms with E-state index in [-0.39, 0.29) is 24.8 Å². The van der Waals surface area contributed by atoms with Gasteiger partial charge in [0.1, 0.15) is 17.3 Å². The predicted molar refractivity (Wildman–Crippen MR) is 104 cm³/mol. The molecule has 0 saturated carbocycles. The highest BCUT2D eigenvalue weighted by Gasteiger charge is 2.30. The first-order chi connectivity index (χ1) is 14.3. The number of ether oxygens (including phenoxy) is 2. The number of aromatic amines is 1. The molecule has 0 aliphatic carbocycles. The van der Waals surface area contributed by atoms with Crippen LogP contribution in [0.3, 0.4) is 0 Å². The third-order valence-corrected chi connectivity index (χ3v) is 3.91. The van der Waals surface area contributed by atoms with Gasteiger partial charge >= 0.3 is 6.36 Å². The van der Waals surface area contributed by atoms with Crippen LogP contribution in [-0.4, -0.2) is 34.6 Å². The molecule has 30 heavy (non-hydrogen) atoms. The molecule has 0 aliphatic heterocycles. The van der Waals surface area contributed by atoms with Crippen LogP contribution in [0.5, 0.6) is 11.5 Å². The minimum atomic E-state index is -4.72. The summed E-state index contributed by atoms with van der Waals surface area (Å²) in [4.78, 5) is 8.52. The van der Waals surface area contributed by atoms with Gasteiger partial charge in [0.05, 0.1) is 20.2 Å². The summed E-state index contributed by atoms with van der Waals surface area (Å²) in [7, 11) is 1.59. The van der Waals surface area contributed by atoms with E-state index in [9.17, 15) is 13.2 Å². The van der Waals surface area contributed by atoms with Crippen molar-refractivity contribution >= 4 is 5.96 Å². The summed E-state index contributed by atoms with van der Waals surface area (Å²) in [5, 5.41) is 9.87. The summed E-state index contributed by atoms with van der Waals surface area (Å²) >= 11 is 0. The highest BCUT2D eigenvalue weighted by Crippen LogP contribution is 2.23. The number of nitrogens with zero attached hydrogens (tertiary/aromatic N) is 3. The van der Waals surface area contributed by atoms with Gasteiger partial charge in [0.15, 0.2) is 11.8 Å². The number of benzene rings is 2. The van der Waals surface area contributed by atoms with Crippen molar-refractivity contribution in [2.45, 2.75) is 19.5 Å². The predicted octanol–water partition coefficient (Wildman–Crippen LogP) is 2.98. The number of aromatic nitrogens is 3. The average Bonchev–Trinajstić information content (AvgIpc) is 3.20. The number of aliphatic imine (C=N–C) groups is 1. The number of nitrogens with two attached hydrogens (primary N) is 1. The quantitative estimate of drug-likeness (QED) is 0.400. The first-order valence-electron chi connectivity index (χ1n) is 8.76. The van der Waals surface area contributed by atoms with Crippen molar-refractivity contribution in [1.82, 2.24) is 20.5 Å². The Hall–Kier alpha value is -3.76. The molecule has 0 aliphatic rings. The van der Waals surface area contributed by atoms with E-state index >= 15 is 0 Å². The molecule has 0 saturated heterocycles. The third kappa shape index (κ3) is 6.12. The molecule has 4 N–H and O–H groups in total. The van der Waals surface area contributed by atoms with E-state index in [4.69, 9.17) is 10.5 Å². The van der Waals surface area contributed by atoms with Crippen molar-refractivity contribution in [1.29, 1.82) is 0 Å². The monoisotopic (exact) mass is 420 g/mol. The van der Waals surface area contributed by atoms with Crippen molar-refractivity contribution in [3.8, 4) is 22.9 Å². The molecule has 1 aromatic heterocycles. The highest BCUT2D eigenvalue weighted by atomic mass is 19.4. The number of nitrogens with one attached hydrogen (secondary N) is 2. The van der Waals surface area contributed by atoms with E-state index < -0.39 is 6.36 Å². The normalized spacial score (nSPS) is 11.9. The molecule has 11 heteroatoms. The number of methoxy groups -OCH3 is 1. The smallest absolute Gasteiger partial charge is 0.497 e. The maximum atomic E-state index is 12.2. The Labute approximate surface area is 169 Å². The molecule has 0 atom stereocenters. The molecule has 0 radical (unpaired) electrons. The first-order valence-corrected chi connectivity index (χ1v) is 8.76. The summed E-state index contributed by atoms with van der Waals surface area (Å²) in [5.74, 6) is 1.70. The van der Waals surface area contributed by atoms with E-state index in [1.807, 2.05) is 24.3 Å². The standard InChI is InChI=1S/C19H19F3N6O2/c1-29-14-8-4-13(5-9-14)17-26-16(27-28-17)11-25-18(23)24-10-12-2-6-15(7-3-12)30-19(20,21)22/h2-9H,10-11H2,1H3,(H3,23,24,25)(H,26,27,28). The van der Waals surface area contributed by atoms with Gasteiger partial charge in [0.2, 0.25) is 0 Å². The van der Waals surface area contributed by atoms with Crippen LogP contribution in [-0.2, 0) is 13.1 Å². The number of hydrogen-bond donors (Lipinski definition) is 3. The van der Waals surface area contributed by atoms with Crippen LogP contribution in [0.2, 0.25) is 0 Å². The lowest BCUT2D eigenvalue weighted by Crippen LogP contribution is -2.31. The highest BCUT2D eigenvalue weighted by molar-refractivity contribution is 5.77. The van der Waals surface area contributed by atoms with Crippen molar-refractivity contribution < 1.29 is 22.6 Å². The lowest BCUT2D eigenvalue weighted by molar-refractivity contribution is -0.274. The van der Waals surface area contributed by atoms with Crippen LogP contribution in [0.25, 0.3) is 11.4 Å². The molecule has 2 aromatic carbocycles. The second kappa shape index (κ2) is 9.16. The fraction of sp³-hybridized carbons (Fsp3) is 0.211. The van der Waals surface area contributed by atoms with Gasteiger partial charge in [-0.25, -0.2) is 9.98 Å². The molecular formula is C19H19F3N6O2. The van der Waals surface area contributed by atoms with Gasteiger partial charge in [0, 0.05) is 5.56 Å². The van der Waals surface area contributed by atoms with Crippen LogP contribution < -0.4 is 20.5 Å². The van der Waals surface area contributed by atoms with Crippen LogP contribution >= 0.6 is 0 Å². The van der Waals surface area contributed by atoms with Gasteiger partial charge in [-0.15, -0.1) is 13.2 Å². The Morgan fingerprint density at radius 2 is 1.77 bits per heavy atom. The molecule has 8 nitrogen and oxygen atoms in total. The number of rotatable bonds is 7. The van der Waals surface area contributed by atoms with Crippen molar-refractivity contribution in [2.75, 3.05) is 7.11 Å². The maximum absolute atomic E-state index is 12.2. The fourth-order valence-electron chi connectivity index (χ4n) is 2.45. The Bertz CT molecular complexity index is 985. The zero-order valence-electron chi connectivity index (χ0n) is 15.9. The molecule has 1 heterocycles. The molecule has 0 unspecified atom stereocenters. The summed E-state index contributed by atoms with van der Waals surface area (Å²) < 4.78 is 45.4. The summed E-state index contributed by atoms with van der Waals surface area (Å²) in [6, 6.07) is 12.7. The Morgan fingerprint density at radius 3 is 2.40 bits per heavy atom. The van der Waals surface area contributed by atoms with Crippen molar-refractivity contribution in [3.05, 3.63) is 59.9 Å². The number of guanidine groups is 1. The van der Waals surface area contributed by atoms with Crippen LogP contribution in [0.4, 0.5) is 13.2 Å². The molecule has 0 amide bonds. The zero-order valence-corrected chi connectivity index (χ0v) is 15.9. The number of halogens is 3. The van der Waals surface area contributed by atoms with Gasteiger partial charge in [-0.1, -0.05) is 12.1 Å². The first kappa shape index (κ1) is 21.0.